The van der Waals surface area contributed by atoms with Crippen molar-refractivity contribution < 1.29 is 15.3 Å². The van der Waals surface area contributed by atoms with E-state index in [-0.39, 0.29) is 0 Å². The van der Waals surface area contributed by atoms with Crippen LogP contribution >= 0.6 is 0 Å². The van der Waals surface area contributed by atoms with E-state index in [1.54, 1.807) is 0 Å². The van der Waals surface area contributed by atoms with Crippen molar-refractivity contribution in [3.05, 3.63) is 0 Å². The summed E-state index contributed by atoms with van der Waals surface area (Å²) in [6, 6.07) is 0. The maximum atomic E-state index is 9.83. The molecule has 0 saturated carbocycles. The smallest absolute Gasteiger partial charge is 0.0799 e. The highest BCUT2D eigenvalue weighted by atomic mass is 16.3. The topological polar surface area (TPSA) is 60.7 Å². The van der Waals surface area contributed by atoms with Crippen molar-refractivity contribution >= 4 is 0 Å². The minimum atomic E-state index is -0.543. The fraction of sp³-hybridized carbons (Fsp3) is 1.00. The van der Waals surface area contributed by atoms with E-state index in [1.165, 1.54) is 19.3 Å². The van der Waals surface area contributed by atoms with Gasteiger partial charge in [0.1, 0.15) is 0 Å². The van der Waals surface area contributed by atoms with E-state index >= 15 is 0 Å². The Hall–Kier alpha value is -0.120. The molecule has 0 aromatic carbocycles. The van der Waals surface area contributed by atoms with E-state index in [2.05, 4.69) is 6.92 Å². The molecule has 0 aromatic rings. The number of aliphatic hydroxyl groups is 3. The normalized spacial score (nSPS) is 14.5. The van der Waals surface area contributed by atoms with Crippen LogP contribution in [0.3, 0.4) is 0 Å². The summed E-state index contributed by atoms with van der Waals surface area (Å²) in [5.41, 5.74) is 0. The molecular weight excluding hydrogens is 240 g/mol. The Morgan fingerprint density at radius 3 is 1.53 bits per heavy atom. The molecule has 0 aliphatic carbocycles. The highest BCUT2D eigenvalue weighted by molar-refractivity contribution is 4.67. The first-order valence-electron chi connectivity index (χ1n) is 8.19. The van der Waals surface area contributed by atoms with Crippen LogP contribution in [0.2, 0.25) is 0 Å². The zero-order valence-corrected chi connectivity index (χ0v) is 12.7. The zero-order valence-electron chi connectivity index (χ0n) is 12.7. The first-order valence-corrected chi connectivity index (χ1v) is 8.19. The molecule has 3 nitrogen and oxygen atoms in total. The molecule has 0 radical (unpaired) electrons. The molecule has 0 spiro atoms. The predicted molar refractivity (Wildman–Crippen MR) is 80.2 cm³/mol. The largest absolute Gasteiger partial charge is 0.396 e. The molecule has 0 bridgehead atoms. The Kier molecular flexibility index (Phi) is 14.2. The minimum Gasteiger partial charge on any atom is -0.396 e. The van der Waals surface area contributed by atoms with Gasteiger partial charge in [0.15, 0.2) is 0 Å². The van der Waals surface area contributed by atoms with Gasteiger partial charge >= 0.3 is 0 Å². The molecule has 0 rings (SSSR count). The lowest BCUT2D eigenvalue weighted by Crippen LogP contribution is -2.25. The van der Waals surface area contributed by atoms with Gasteiger partial charge in [0.05, 0.1) is 12.2 Å². The van der Waals surface area contributed by atoms with E-state index in [9.17, 15) is 10.2 Å². The van der Waals surface area contributed by atoms with Crippen LogP contribution in [0, 0.1) is 0 Å². The summed E-state index contributed by atoms with van der Waals surface area (Å²) in [4.78, 5) is 0. The second-order valence-electron chi connectivity index (χ2n) is 5.62. The molecule has 0 saturated heterocycles. The highest BCUT2D eigenvalue weighted by Crippen LogP contribution is 2.14. The molecule has 0 aliphatic rings. The Morgan fingerprint density at radius 1 is 0.632 bits per heavy atom. The van der Waals surface area contributed by atoms with Crippen LogP contribution in [0.1, 0.15) is 84.0 Å². The van der Waals surface area contributed by atoms with Crippen LogP contribution in [-0.2, 0) is 0 Å². The molecule has 3 N–H and O–H groups in total. The number of hydrogen-bond acceptors (Lipinski definition) is 3. The van der Waals surface area contributed by atoms with Gasteiger partial charge in [-0.15, -0.1) is 0 Å². The maximum absolute atomic E-state index is 9.83. The van der Waals surface area contributed by atoms with Gasteiger partial charge in [-0.25, -0.2) is 0 Å². The van der Waals surface area contributed by atoms with E-state index < -0.39 is 12.2 Å². The Bertz CT molecular complexity index is 173. The maximum Gasteiger partial charge on any atom is 0.0799 e. The average Bonchev–Trinajstić information content (AvgIpc) is 2.42. The van der Waals surface area contributed by atoms with Gasteiger partial charge in [0.2, 0.25) is 0 Å². The Labute approximate surface area is 119 Å². The molecule has 3 heteroatoms. The third-order valence-corrected chi connectivity index (χ3v) is 3.71. The van der Waals surface area contributed by atoms with Crippen LogP contribution in [-0.4, -0.2) is 34.1 Å². The first kappa shape index (κ1) is 18.9. The summed E-state index contributed by atoms with van der Waals surface area (Å²) in [6.07, 6.45) is 11.4. The van der Waals surface area contributed by atoms with E-state index in [4.69, 9.17) is 5.11 Å². The van der Waals surface area contributed by atoms with Crippen LogP contribution in [0.15, 0.2) is 0 Å². The highest BCUT2D eigenvalue weighted by Gasteiger charge is 2.14. The fourth-order valence-corrected chi connectivity index (χ4v) is 2.34. The molecule has 0 fully saturated rings. The molecular formula is C16H34O3. The standard InChI is InChI=1S/C16H34O3/c1-2-3-4-9-12-15(18)16(19)13-10-7-5-6-8-11-14-17/h15-19H,2-14H2,1H3. The lowest BCUT2D eigenvalue weighted by molar-refractivity contribution is 0.00713. The molecule has 0 heterocycles. The SMILES string of the molecule is CCCCCCC(O)C(O)CCCCCCCCO. The van der Waals surface area contributed by atoms with Crippen molar-refractivity contribution in [2.45, 2.75) is 96.2 Å². The molecule has 2 unspecified atom stereocenters. The zero-order chi connectivity index (χ0) is 14.3. The summed E-state index contributed by atoms with van der Waals surface area (Å²) in [5.74, 6) is 0. The average molecular weight is 274 g/mol. The van der Waals surface area contributed by atoms with Gasteiger partial charge in [-0.3, -0.25) is 0 Å². The first-order chi connectivity index (χ1) is 9.22. The van der Waals surface area contributed by atoms with Crippen molar-refractivity contribution in [3.63, 3.8) is 0 Å². The molecule has 19 heavy (non-hydrogen) atoms. The van der Waals surface area contributed by atoms with Crippen LogP contribution in [0.25, 0.3) is 0 Å². The summed E-state index contributed by atoms with van der Waals surface area (Å²) >= 11 is 0. The molecule has 116 valence electrons. The summed E-state index contributed by atoms with van der Waals surface area (Å²) in [6.45, 7) is 2.47. The van der Waals surface area contributed by atoms with E-state index in [1.807, 2.05) is 0 Å². The summed E-state index contributed by atoms with van der Waals surface area (Å²) in [7, 11) is 0. The molecule has 0 aliphatic heterocycles. The van der Waals surface area contributed by atoms with Crippen molar-refractivity contribution in [1.82, 2.24) is 0 Å². The van der Waals surface area contributed by atoms with Gasteiger partial charge in [-0.1, -0.05) is 64.7 Å². The van der Waals surface area contributed by atoms with Gasteiger partial charge < -0.3 is 15.3 Å². The summed E-state index contributed by atoms with van der Waals surface area (Å²) in [5, 5.41) is 28.3. The summed E-state index contributed by atoms with van der Waals surface area (Å²) < 4.78 is 0. The van der Waals surface area contributed by atoms with E-state index in [0.717, 1.165) is 57.8 Å². The lowest BCUT2D eigenvalue weighted by atomic mass is 10.00. The van der Waals surface area contributed by atoms with Crippen molar-refractivity contribution in [1.29, 1.82) is 0 Å². The second-order valence-corrected chi connectivity index (χ2v) is 5.62. The number of rotatable bonds is 14. The lowest BCUT2D eigenvalue weighted by Gasteiger charge is -2.17. The van der Waals surface area contributed by atoms with E-state index in [0.29, 0.717) is 6.61 Å². The quantitative estimate of drug-likeness (QED) is 0.425. The number of hydrogen-bond donors (Lipinski definition) is 3. The van der Waals surface area contributed by atoms with Crippen LogP contribution in [0.4, 0.5) is 0 Å². The Morgan fingerprint density at radius 2 is 1.05 bits per heavy atom. The van der Waals surface area contributed by atoms with Crippen molar-refractivity contribution in [2.24, 2.45) is 0 Å². The van der Waals surface area contributed by atoms with Crippen LogP contribution in [0.5, 0.6) is 0 Å². The van der Waals surface area contributed by atoms with Gasteiger partial charge in [-0.2, -0.15) is 0 Å². The number of unbranched alkanes of at least 4 members (excludes halogenated alkanes) is 8. The second kappa shape index (κ2) is 14.3. The third-order valence-electron chi connectivity index (χ3n) is 3.71. The molecule has 0 amide bonds. The fourth-order valence-electron chi connectivity index (χ4n) is 2.34. The third kappa shape index (κ3) is 12.6. The van der Waals surface area contributed by atoms with Gasteiger partial charge in [0.25, 0.3) is 0 Å². The van der Waals surface area contributed by atoms with Crippen LogP contribution < -0.4 is 0 Å². The van der Waals surface area contributed by atoms with Gasteiger partial charge in [-0.05, 0) is 19.3 Å². The number of aliphatic hydroxyl groups excluding tert-OH is 3. The molecule has 0 aromatic heterocycles. The van der Waals surface area contributed by atoms with Crippen molar-refractivity contribution in [2.75, 3.05) is 6.61 Å². The molecule has 2 atom stereocenters. The van der Waals surface area contributed by atoms with Gasteiger partial charge in [0, 0.05) is 6.61 Å². The van der Waals surface area contributed by atoms with Crippen molar-refractivity contribution in [3.8, 4) is 0 Å². The Balaban J connectivity index is 3.33. The minimum absolute atomic E-state index is 0.295. The monoisotopic (exact) mass is 274 g/mol. The predicted octanol–water partition coefficient (Wildman–Crippen LogP) is 3.40.